The van der Waals surface area contributed by atoms with Crippen LogP contribution in [0.5, 0.6) is 0 Å². The minimum atomic E-state index is -4.47. The molecule has 2 saturated heterocycles. The first kappa shape index (κ1) is 29.9. The van der Waals surface area contributed by atoms with Crippen molar-refractivity contribution in [2.45, 2.75) is 94.4 Å². The molecule has 222 valence electrons. The number of benzene rings is 2. The van der Waals surface area contributed by atoms with E-state index in [4.69, 9.17) is 14.0 Å². The molecule has 2 heterocycles. The maximum atomic E-state index is 15.5. The minimum Gasteiger partial charge on any atom is -0.445 e. The standard InChI is InChI=1S/C29H37BF2N2O6S/c1-27(2)28(3,4)40-30(39-27)22-12-8-11-21(17-22)18-24-25(33-41(36,37)29(32)14-15-29)23(31)13-16-34(24)26(35)38-19-20-9-6-5-7-10-20/h5-12,17,23-25,33H,13-16,18-19H2,1-4H3/t23-,24-,25-/m0/s1. The van der Waals surface area contributed by atoms with Gasteiger partial charge in [-0.2, -0.15) is 0 Å². The second kappa shape index (κ2) is 10.9. The molecule has 0 spiro atoms. The molecular formula is C29H37BF2N2O6S. The maximum absolute atomic E-state index is 15.5. The molecule has 2 aromatic rings. The second-order valence-corrected chi connectivity index (χ2v) is 14.1. The van der Waals surface area contributed by atoms with Crippen molar-refractivity contribution in [2.24, 2.45) is 0 Å². The van der Waals surface area contributed by atoms with Crippen molar-refractivity contribution in [3.05, 3.63) is 65.7 Å². The zero-order valence-corrected chi connectivity index (χ0v) is 24.6. The van der Waals surface area contributed by atoms with Crippen molar-refractivity contribution in [2.75, 3.05) is 6.54 Å². The molecule has 2 aliphatic heterocycles. The van der Waals surface area contributed by atoms with Crippen LogP contribution in [0.15, 0.2) is 54.6 Å². The van der Waals surface area contributed by atoms with Gasteiger partial charge in [-0.15, -0.1) is 0 Å². The van der Waals surface area contributed by atoms with Crippen molar-refractivity contribution in [1.82, 2.24) is 9.62 Å². The van der Waals surface area contributed by atoms with Crippen molar-refractivity contribution >= 4 is 28.7 Å². The zero-order chi connectivity index (χ0) is 29.6. The van der Waals surface area contributed by atoms with E-state index in [9.17, 15) is 17.6 Å². The van der Waals surface area contributed by atoms with Gasteiger partial charge in [0, 0.05) is 19.4 Å². The summed E-state index contributed by atoms with van der Waals surface area (Å²) < 4.78 is 76.1. The van der Waals surface area contributed by atoms with E-state index >= 15 is 4.39 Å². The largest absolute Gasteiger partial charge is 0.494 e. The van der Waals surface area contributed by atoms with Gasteiger partial charge in [0.15, 0.2) is 0 Å². The highest BCUT2D eigenvalue weighted by Gasteiger charge is 2.58. The number of hydrogen-bond acceptors (Lipinski definition) is 6. The summed E-state index contributed by atoms with van der Waals surface area (Å²) >= 11 is 0. The molecule has 41 heavy (non-hydrogen) atoms. The monoisotopic (exact) mass is 590 g/mol. The number of alkyl halides is 2. The average Bonchev–Trinajstić information content (AvgIpc) is 3.64. The van der Waals surface area contributed by atoms with Gasteiger partial charge in [-0.1, -0.05) is 54.6 Å². The van der Waals surface area contributed by atoms with Crippen molar-refractivity contribution in [3.8, 4) is 0 Å². The number of hydrogen-bond donors (Lipinski definition) is 1. The molecule has 1 amide bonds. The fraction of sp³-hybridized carbons (Fsp3) is 0.552. The zero-order valence-electron chi connectivity index (χ0n) is 23.8. The van der Waals surface area contributed by atoms with Gasteiger partial charge in [0.25, 0.3) is 0 Å². The lowest BCUT2D eigenvalue weighted by Crippen LogP contribution is -2.63. The van der Waals surface area contributed by atoms with E-state index in [0.717, 1.165) is 11.0 Å². The number of ether oxygens (including phenoxy) is 1. The Kier molecular flexibility index (Phi) is 7.99. The molecule has 12 heteroatoms. The van der Waals surface area contributed by atoms with Crippen molar-refractivity contribution in [3.63, 3.8) is 0 Å². The Morgan fingerprint density at radius 1 is 1.05 bits per heavy atom. The van der Waals surface area contributed by atoms with Crippen LogP contribution >= 0.6 is 0 Å². The highest BCUT2D eigenvalue weighted by Crippen LogP contribution is 2.45. The van der Waals surface area contributed by atoms with Gasteiger partial charge in [-0.05, 0) is 57.1 Å². The van der Waals surface area contributed by atoms with Gasteiger partial charge in [0.2, 0.25) is 15.0 Å². The number of rotatable bonds is 8. The first-order chi connectivity index (χ1) is 19.2. The summed E-state index contributed by atoms with van der Waals surface area (Å²) in [6.07, 6.45) is -2.62. The Bertz CT molecular complexity index is 1360. The molecule has 1 aliphatic carbocycles. The van der Waals surface area contributed by atoms with Gasteiger partial charge < -0.3 is 18.9 Å². The number of sulfonamides is 1. The molecule has 3 atom stereocenters. The number of piperidine rings is 1. The third-order valence-corrected chi connectivity index (χ3v) is 10.6. The SMILES string of the molecule is CC1(C)OB(c2cccc(C[C@H]3[C@@H](NS(=O)(=O)C4(F)CC4)[C@@H](F)CCN3C(=O)OCc3ccccc3)c2)OC1(C)C. The first-order valence-corrected chi connectivity index (χ1v) is 15.5. The van der Waals surface area contributed by atoms with Crippen molar-refractivity contribution < 1.29 is 36.0 Å². The van der Waals surface area contributed by atoms with E-state index in [1.807, 2.05) is 82.3 Å². The number of nitrogens with zero attached hydrogens (tertiary/aromatic N) is 1. The molecular weight excluding hydrogens is 553 g/mol. The molecule has 3 aliphatic rings. The number of likely N-dealkylation sites (tertiary alicyclic amines) is 1. The molecule has 0 bridgehead atoms. The number of halogens is 2. The van der Waals surface area contributed by atoms with E-state index in [0.29, 0.717) is 5.56 Å². The normalized spacial score (nSPS) is 26.5. The number of amides is 1. The Balaban J connectivity index is 1.41. The van der Waals surface area contributed by atoms with Crippen LogP contribution in [-0.2, 0) is 37.1 Å². The van der Waals surface area contributed by atoms with Crippen LogP contribution in [0.1, 0.15) is 58.1 Å². The van der Waals surface area contributed by atoms with Gasteiger partial charge in [-0.25, -0.2) is 26.7 Å². The van der Waals surface area contributed by atoms with Crippen LogP contribution in [0.4, 0.5) is 13.6 Å². The van der Waals surface area contributed by atoms with Crippen LogP contribution in [0, 0.1) is 0 Å². The molecule has 1 N–H and O–H groups in total. The molecule has 0 aromatic heterocycles. The van der Waals surface area contributed by atoms with Crippen LogP contribution < -0.4 is 10.2 Å². The molecule has 3 fully saturated rings. The van der Waals surface area contributed by atoms with E-state index in [1.165, 1.54) is 4.90 Å². The predicted octanol–water partition coefficient (Wildman–Crippen LogP) is 4.03. The molecule has 1 saturated carbocycles. The van der Waals surface area contributed by atoms with Gasteiger partial charge in [-0.3, -0.25) is 0 Å². The molecule has 0 radical (unpaired) electrons. The molecule has 0 unspecified atom stereocenters. The Morgan fingerprint density at radius 2 is 1.68 bits per heavy atom. The lowest BCUT2D eigenvalue weighted by atomic mass is 9.77. The lowest BCUT2D eigenvalue weighted by Gasteiger charge is -2.42. The Labute approximate surface area is 240 Å². The third-order valence-electron chi connectivity index (χ3n) is 8.63. The Hall–Kier alpha value is -2.54. The summed E-state index contributed by atoms with van der Waals surface area (Å²) in [6, 6.07) is 14.1. The van der Waals surface area contributed by atoms with Gasteiger partial charge in [0.1, 0.15) is 12.8 Å². The smallest absolute Gasteiger partial charge is 0.445 e. The van der Waals surface area contributed by atoms with Crippen LogP contribution in [-0.4, -0.2) is 67.5 Å². The summed E-state index contributed by atoms with van der Waals surface area (Å²) in [6.45, 7) is 7.83. The number of nitrogens with one attached hydrogen (secondary N) is 1. The lowest BCUT2D eigenvalue weighted by molar-refractivity contribution is 0.00578. The Morgan fingerprint density at radius 3 is 2.32 bits per heavy atom. The summed E-state index contributed by atoms with van der Waals surface area (Å²) in [5.74, 6) is 0. The quantitative estimate of drug-likeness (QED) is 0.467. The summed E-state index contributed by atoms with van der Waals surface area (Å²) in [7, 11) is -5.11. The van der Waals surface area contributed by atoms with E-state index in [1.54, 1.807) is 0 Å². The highest BCUT2D eigenvalue weighted by molar-refractivity contribution is 7.91. The first-order valence-electron chi connectivity index (χ1n) is 14.0. The van der Waals surface area contributed by atoms with Crippen LogP contribution in [0.2, 0.25) is 0 Å². The van der Waals surface area contributed by atoms with E-state index < -0.39 is 57.7 Å². The summed E-state index contributed by atoms with van der Waals surface area (Å²) in [4.78, 5) is 14.7. The second-order valence-electron chi connectivity index (χ2n) is 12.2. The highest BCUT2D eigenvalue weighted by atomic mass is 32.2. The van der Waals surface area contributed by atoms with Crippen LogP contribution in [0.25, 0.3) is 0 Å². The van der Waals surface area contributed by atoms with Crippen LogP contribution in [0.3, 0.4) is 0 Å². The predicted molar refractivity (Wildman–Crippen MR) is 151 cm³/mol. The summed E-state index contributed by atoms with van der Waals surface area (Å²) in [5, 5.41) is -2.41. The fourth-order valence-electron chi connectivity index (χ4n) is 5.20. The van der Waals surface area contributed by atoms with E-state index in [2.05, 4.69) is 4.72 Å². The number of carbonyl (C=O) groups is 1. The minimum absolute atomic E-state index is 0.00332. The number of carbonyl (C=O) groups excluding carboxylic acids is 1. The molecule has 8 nitrogen and oxygen atoms in total. The molecule has 2 aromatic carbocycles. The molecule has 5 rings (SSSR count). The van der Waals surface area contributed by atoms with Crippen molar-refractivity contribution in [1.29, 1.82) is 0 Å². The third kappa shape index (κ3) is 6.16. The summed E-state index contributed by atoms with van der Waals surface area (Å²) in [5.41, 5.74) is 1.13. The maximum Gasteiger partial charge on any atom is 0.494 e. The van der Waals surface area contributed by atoms with E-state index in [-0.39, 0.29) is 38.8 Å². The fourth-order valence-corrected chi connectivity index (χ4v) is 6.71. The van der Waals surface area contributed by atoms with Gasteiger partial charge >= 0.3 is 13.2 Å². The topological polar surface area (TPSA) is 94.2 Å². The van der Waals surface area contributed by atoms with Gasteiger partial charge in [0.05, 0.1) is 23.3 Å². The average molecular weight is 590 g/mol.